The predicted octanol–water partition coefficient (Wildman–Crippen LogP) is 2.93. The molecule has 0 aromatic heterocycles. The standard InChI is InChI=1S/C15H19NO2/c1-10(2)11-6-5-7-14-12(8-11)13(9-16(3)4)15(17)18-14/h5-8,10H,9H2,1-4H3. The van der Waals surface area contributed by atoms with E-state index < -0.39 is 0 Å². The predicted molar refractivity (Wildman–Crippen MR) is 73.1 cm³/mol. The molecule has 0 aromatic rings. The van der Waals surface area contributed by atoms with Crippen LogP contribution in [-0.4, -0.2) is 19.0 Å². The molecule has 1 aliphatic carbocycles. The molecule has 0 atom stereocenters. The van der Waals surface area contributed by atoms with Crippen molar-refractivity contribution in [2.24, 2.45) is 0 Å². The van der Waals surface area contributed by atoms with Gasteiger partial charge in [0, 0.05) is 12.1 Å². The Balaban J connectivity index is 2.62. The summed E-state index contributed by atoms with van der Waals surface area (Å²) in [5.74, 6) is 1.10. The second-order valence-electron chi connectivity index (χ2n) is 5.21. The van der Waals surface area contributed by atoms with Crippen molar-refractivity contribution in [3.8, 4) is 11.3 Å². The van der Waals surface area contributed by atoms with Crippen LogP contribution >= 0.6 is 0 Å². The van der Waals surface area contributed by atoms with E-state index in [2.05, 4.69) is 26.0 Å². The largest absolute Gasteiger partial charge is 0.422 e. The van der Waals surface area contributed by atoms with E-state index in [9.17, 15) is 4.79 Å². The monoisotopic (exact) mass is 245 g/mol. The first-order valence-corrected chi connectivity index (χ1v) is 6.19. The Morgan fingerprint density at radius 2 is 2.00 bits per heavy atom. The molecular weight excluding hydrogens is 226 g/mol. The summed E-state index contributed by atoms with van der Waals surface area (Å²) in [5, 5.41) is 0. The summed E-state index contributed by atoms with van der Waals surface area (Å²) >= 11 is 0. The van der Waals surface area contributed by atoms with Crippen LogP contribution in [-0.2, 0) is 6.54 Å². The summed E-state index contributed by atoms with van der Waals surface area (Å²) in [7, 11) is 3.90. The Hall–Kier alpha value is -1.61. The van der Waals surface area contributed by atoms with Gasteiger partial charge in [0.25, 0.3) is 0 Å². The van der Waals surface area contributed by atoms with Gasteiger partial charge in [0.1, 0.15) is 5.76 Å². The highest BCUT2D eigenvalue weighted by molar-refractivity contribution is 5.64. The Labute approximate surface area is 107 Å². The number of rotatable bonds is 3. The first kappa shape index (κ1) is 12.8. The molecule has 0 unspecified atom stereocenters. The molecule has 1 heterocycles. The van der Waals surface area contributed by atoms with Crippen molar-refractivity contribution in [1.29, 1.82) is 0 Å². The van der Waals surface area contributed by atoms with Crippen LogP contribution in [0.1, 0.15) is 30.9 Å². The summed E-state index contributed by atoms with van der Waals surface area (Å²) in [5.41, 5.74) is 2.67. The van der Waals surface area contributed by atoms with Crippen molar-refractivity contribution >= 4 is 0 Å². The third-order valence-electron chi connectivity index (χ3n) is 3.03. The van der Waals surface area contributed by atoms with Gasteiger partial charge in [-0.3, -0.25) is 0 Å². The van der Waals surface area contributed by atoms with E-state index in [1.54, 1.807) is 0 Å². The van der Waals surface area contributed by atoms with Crippen molar-refractivity contribution < 1.29 is 4.42 Å². The maximum Gasteiger partial charge on any atom is 0.341 e. The smallest absolute Gasteiger partial charge is 0.341 e. The van der Waals surface area contributed by atoms with Gasteiger partial charge in [-0.05, 0) is 37.7 Å². The van der Waals surface area contributed by atoms with E-state index in [4.69, 9.17) is 4.42 Å². The maximum absolute atomic E-state index is 11.9. The van der Waals surface area contributed by atoms with E-state index in [0.29, 0.717) is 18.2 Å². The quantitative estimate of drug-likeness (QED) is 0.833. The van der Waals surface area contributed by atoms with Crippen LogP contribution < -0.4 is 5.63 Å². The maximum atomic E-state index is 11.9. The average molecular weight is 245 g/mol. The fraction of sp³-hybridized carbons (Fsp3) is 0.400. The van der Waals surface area contributed by atoms with E-state index in [1.807, 2.05) is 31.1 Å². The van der Waals surface area contributed by atoms with E-state index in [1.165, 1.54) is 5.56 Å². The van der Waals surface area contributed by atoms with Crippen molar-refractivity contribution in [2.45, 2.75) is 26.3 Å². The Morgan fingerprint density at radius 1 is 1.28 bits per heavy atom. The second kappa shape index (κ2) is 4.94. The van der Waals surface area contributed by atoms with Crippen LogP contribution in [0.25, 0.3) is 11.3 Å². The first-order valence-electron chi connectivity index (χ1n) is 6.19. The molecule has 3 heteroatoms. The lowest BCUT2D eigenvalue weighted by Crippen LogP contribution is -2.15. The summed E-state index contributed by atoms with van der Waals surface area (Å²) in [6.07, 6.45) is 0. The van der Waals surface area contributed by atoms with Gasteiger partial charge in [-0.25, -0.2) is 4.79 Å². The SMILES string of the molecule is CC(C)c1cccc2oc(=O)c(CN(C)C)c-2c1. The first-order chi connectivity index (χ1) is 8.49. The van der Waals surface area contributed by atoms with Crippen LogP contribution in [0.3, 0.4) is 0 Å². The molecule has 0 amide bonds. The van der Waals surface area contributed by atoms with Gasteiger partial charge in [0.15, 0.2) is 0 Å². The molecule has 2 rings (SSSR count). The number of hydrogen-bond donors (Lipinski definition) is 0. The highest BCUT2D eigenvalue weighted by Crippen LogP contribution is 2.27. The third-order valence-corrected chi connectivity index (χ3v) is 3.03. The summed E-state index contributed by atoms with van der Waals surface area (Å²) in [4.78, 5) is 13.8. The van der Waals surface area contributed by atoms with E-state index >= 15 is 0 Å². The molecule has 0 bridgehead atoms. The third kappa shape index (κ3) is 2.46. The van der Waals surface area contributed by atoms with Gasteiger partial charge in [-0.2, -0.15) is 0 Å². The zero-order valence-corrected chi connectivity index (χ0v) is 11.4. The zero-order chi connectivity index (χ0) is 13.3. The van der Waals surface area contributed by atoms with Crippen molar-refractivity contribution in [3.05, 3.63) is 45.8 Å². The molecule has 2 aliphatic rings. The summed E-state index contributed by atoms with van der Waals surface area (Å²) in [6.45, 7) is 4.89. The minimum Gasteiger partial charge on any atom is -0.422 e. The molecule has 0 saturated heterocycles. The van der Waals surface area contributed by atoms with Gasteiger partial charge in [-0.15, -0.1) is 0 Å². The molecule has 0 fully saturated rings. The van der Waals surface area contributed by atoms with Crippen LogP contribution in [0.5, 0.6) is 0 Å². The van der Waals surface area contributed by atoms with Crippen LogP contribution in [0.2, 0.25) is 0 Å². The number of fused-ring (bicyclic) bond motifs is 1. The number of furan rings is 1. The molecule has 3 nitrogen and oxygen atoms in total. The van der Waals surface area contributed by atoms with E-state index in [0.717, 1.165) is 11.1 Å². The van der Waals surface area contributed by atoms with Crippen LogP contribution in [0.15, 0.2) is 33.5 Å². The topological polar surface area (TPSA) is 33.5 Å². The van der Waals surface area contributed by atoms with Gasteiger partial charge in [0.2, 0.25) is 0 Å². The summed E-state index contributed by atoms with van der Waals surface area (Å²) < 4.78 is 5.31. The lowest BCUT2D eigenvalue weighted by atomic mass is 10.0. The van der Waals surface area contributed by atoms with Crippen molar-refractivity contribution in [2.75, 3.05) is 14.1 Å². The minimum absolute atomic E-state index is 0.223. The van der Waals surface area contributed by atoms with Crippen LogP contribution in [0, 0.1) is 0 Å². The van der Waals surface area contributed by atoms with E-state index in [-0.39, 0.29) is 5.63 Å². The lowest BCUT2D eigenvalue weighted by Gasteiger charge is -2.08. The number of nitrogens with zero attached hydrogens (tertiary/aromatic N) is 1. The van der Waals surface area contributed by atoms with Crippen molar-refractivity contribution in [3.63, 3.8) is 0 Å². The van der Waals surface area contributed by atoms with Crippen LogP contribution in [0.4, 0.5) is 0 Å². The molecule has 0 N–H and O–H groups in total. The zero-order valence-electron chi connectivity index (χ0n) is 11.4. The van der Waals surface area contributed by atoms with Crippen molar-refractivity contribution in [1.82, 2.24) is 4.90 Å². The minimum atomic E-state index is -0.223. The van der Waals surface area contributed by atoms with Gasteiger partial charge < -0.3 is 9.32 Å². The highest BCUT2D eigenvalue weighted by Gasteiger charge is 2.17. The molecular formula is C15H19NO2. The fourth-order valence-corrected chi connectivity index (χ4v) is 2.04. The normalized spacial score (nSPS) is 11.7. The van der Waals surface area contributed by atoms with Gasteiger partial charge in [0.05, 0.1) is 5.56 Å². The fourth-order valence-electron chi connectivity index (χ4n) is 2.04. The summed E-state index contributed by atoms with van der Waals surface area (Å²) in [6, 6.07) is 7.95. The molecule has 96 valence electrons. The Kier molecular flexibility index (Phi) is 3.53. The Morgan fingerprint density at radius 3 is 2.61 bits per heavy atom. The molecule has 0 saturated carbocycles. The highest BCUT2D eigenvalue weighted by atomic mass is 16.4. The van der Waals surface area contributed by atoms with Gasteiger partial charge >= 0.3 is 5.63 Å². The second-order valence-corrected chi connectivity index (χ2v) is 5.21. The lowest BCUT2D eigenvalue weighted by molar-refractivity contribution is 0.397. The molecule has 0 radical (unpaired) electrons. The van der Waals surface area contributed by atoms with Gasteiger partial charge in [-0.1, -0.05) is 26.0 Å². The molecule has 1 aliphatic heterocycles. The molecule has 18 heavy (non-hydrogen) atoms. The molecule has 0 spiro atoms. The number of hydrogen-bond acceptors (Lipinski definition) is 3. The average Bonchev–Trinajstić information content (AvgIpc) is 2.49. The Bertz CT molecular complexity index is 569. The molecule has 0 aromatic carbocycles.